The van der Waals surface area contributed by atoms with Gasteiger partial charge < -0.3 is 21.1 Å². The van der Waals surface area contributed by atoms with Gasteiger partial charge in [0.25, 0.3) is 0 Å². The fourth-order valence-electron chi connectivity index (χ4n) is 3.14. The normalized spacial score (nSPS) is 12.7. The van der Waals surface area contributed by atoms with Crippen LogP contribution >= 0.6 is 0 Å². The number of aromatic nitrogens is 2. The molecule has 1 atom stereocenters. The number of ether oxygens (including phenoxy) is 1. The van der Waals surface area contributed by atoms with Crippen LogP contribution < -0.4 is 16.4 Å². The van der Waals surface area contributed by atoms with Crippen LogP contribution in [-0.2, 0) is 10.9 Å². The number of nitrogen functional groups attached to an aromatic ring is 1. The number of methoxy groups -OCH3 is 1. The molecule has 2 aromatic carbocycles. The molecule has 160 valence electrons. The number of benzene rings is 2. The van der Waals surface area contributed by atoms with Crippen LogP contribution in [0.3, 0.4) is 0 Å². The van der Waals surface area contributed by atoms with Gasteiger partial charge in [-0.2, -0.15) is 13.2 Å². The first-order chi connectivity index (χ1) is 14.2. The van der Waals surface area contributed by atoms with Gasteiger partial charge in [-0.1, -0.05) is 0 Å². The van der Waals surface area contributed by atoms with Gasteiger partial charge in [-0.05, 0) is 55.8 Å². The number of fused-ring (bicyclic) bond motifs is 1. The molecule has 0 radical (unpaired) electrons. The van der Waals surface area contributed by atoms with Crippen LogP contribution in [0.2, 0.25) is 0 Å². The summed E-state index contributed by atoms with van der Waals surface area (Å²) in [5, 5.41) is 7.22. The molecule has 0 saturated heterocycles. The summed E-state index contributed by atoms with van der Waals surface area (Å²) in [4.78, 5) is 8.91. The Labute approximate surface area is 172 Å². The summed E-state index contributed by atoms with van der Waals surface area (Å²) in [5.41, 5.74) is 7.01. The van der Waals surface area contributed by atoms with Gasteiger partial charge in [0, 0.05) is 30.4 Å². The quantitative estimate of drug-likeness (QED) is 0.378. The topological polar surface area (TPSA) is 85.1 Å². The Morgan fingerprint density at radius 1 is 1.13 bits per heavy atom. The van der Waals surface area contributed by atoms with E-state index in [9.17, 15) is 13.2 Å². The first kappa shape index (κ1) is 21.6. The number of aryl methyl sites for hydroxylation is 1. The molecule has 0 aliphatic carbocycles. The second-order valence-corrected chi connectivity index (χ2v) is 7.02. The number of nitrogens with one attached hydrogen (secondary N) is 2. The fraction of sp³-hybridized carbons (Fsp3) is 0.333. The molecule has 0 fully saturated rings. The number of halogens is 3. The molecule has 4 N–H and O–H groups in total. The lowest BCUT2D eigenvalue weighted by Crippen LogP contribution is -2.13. The predicted octanol–water partition coefficient (Wildman–Crippen LogP) is 4.77. The molecular formula is C21H24F3N5O. The maximum atomic E-state index is 13.2. The average molecular weight is 419 g/mol. The van der Waals surface area contributed by atoms with Crippen molar-refractivity contribution in [2.24, 2.45) is 0 Å². The van der Waals surface area contributed by atoms with E-state index in [0.29, 0.717) is 30.4 Å². The zero-order valence-corrected chi connectivity index (χ0v) is 17.0. The predicted molar refractivity (Wildman–Crippen MR) is 113 cm³/mol. The molecule has 3 aromatic rings. The number of nitrogens with two attached hydrogens (primary N) is 1. The Bertz CT molecular complexity index is 1040. The monoisotopic (exact) mass is 419 g/mol. The molecular weight excluding hydrogens is 395 g/mol. The maximum Gasteiger partial charge on any atom is 0.416 e. The molecule has 1 aromatic heterocycles. The van der Waals surface area contributed by atoms with E-state index in [-0.39, 0.29) is 5.69 Å². The van der Waals surface area contributed by atoms with Crippen molar-refractivity contribution < 1.29 is 17.9 Å². The van der Waals surface area contributed by atoms with Crippen LogP contribution in [0.5, 0.6) is 0 Å². The van der Waals surface area contributed by atoms with Crippen LogP contribution in [0.25, 0.3) is 10.9 Å². The summed E-state index contributed by atoms with van der Waals surface area (Å²) < 4.78 is 44.5. The largest absolute Gasteiger partial charge is 0.416 e. The van der Waals surface area contributed by atoms with E-state index in [0.717, 1.165) is 28.7 Å². The Hall–Kier alpha value is -3.07. The minimum atomic E-state index is -4.47. The lowest BCUT2D eigenvalue weighted by atomic mass is 10.0. The van der Waals surface area contributed by atoms with Crippen molar-refractivity contribution in [3.63, 3.8) is 0 Å². The van der Waals surface area contributed by atoms with Crippen LogP contribution in [0, 0.1) is 6.92 Å². The van der Waals surface area contributed by atoms with Crippen molar-refractivity contribution in [2.45, 2.75) is 26.1 Å². The third-order valence-corrected chi connectivity index (χ3v) is 4.60. The lowest BCUT2D eigenvalue weighted by Gasteiger charge is -2.19. The summed E-state index contributed by atoms with van der Waals surface area (Å²) in [6.45, 7) is 4.72. The van der Waals surface area contributed by atoms with Crippen molar-refractivity contribution in [2.75, 3.05) is 36.6 Å². The molecule has 0 aliphatic rings. The van der Waals surface area contributed by atoms with Gasteiger partial charge in [0.1, 0.15) is 11.6 Å². The first-order valence-electron chi connectivity index (χ1n) is 9.43. The van der Waals surface area contributed by atoms with Gasteiger partial charge in [0.2, 0.25) is 0 Å². The third-order valence-electron chi connectivity index (χ3n) is 4.60. The number of anilines is 3. The number of hydrogen-bond acceptors (Lipinski definition) is 6. The van der Waals surface area contributed by atoms with Crippen LogP contribution in [0.15, 0.2) is 36.4 Å². The van der Waals surface area contributed by atoms with E-state index < -0.39 is 17.8 Å². The highest BCUT2D eigenvalue weighted by Gasteiger charge is 2.31. The molecule has 30 heavy (non-hydrogen) atoms. The maximum absolute atomic E-state index is 13.2. The SMILES string of the molecule is COCCNc1ccc2nc(C)nc(N[C@H](C)c3cc(N)cc(C(F)(F)F)c3)c2c1. The van der Waals surface area contributed by atoms with Gasteiger partial charge in [-0.25, -0.2) is 9.97 Å². The van der Waals surface area contributed by atoms with Crippen molar-refractivity contribution in [1.29, 1.82) is 0 Å². The second-order valence-electron chi connectivity index (χ2n) is 7.02. The van der Waals surface area contributed by atoms with Crippen molar-refractivity contribution >= 4 is 28.1 Å². The highest BCUT2D eigenvalue weighted by atomic mass is 19.4. The second kappa shape index (κ2) is 8.74. The number of hydrogen-bond donors (Lipinski definition) is 3. The number of nitrogens with zero attached hydrogens (tertiary/aromatic N) is 2. The van der Waals surface area contributed by atoms with E-state index in [1.54, 1.807) is 21.0 Å². The molecule has 3 rings (SSSR count). The van der Waals surface area contributed by atoms with Gasteiger partial charge >= 0.3 is 6.18 Å². The van der Waals surface area contributed by atoms with Crippen LogP contribution in [0.1, 0.15) is 29.9 Å². The molecule has 0 spiro atoms. The lowest BCUT2D eigenvalue weighted by molar-refractivity contribution is -0.137. The Morgan fingerprint density at radius 2 is 1.90 bits per heavy atom. The highest BCUT2D eigenvalue weighted by Crippen LogP contribution is 2.34. The van der Waals surface area contributed by atoms with E-state index in [4.69, 9.17) is 10.5 Å². The highest BCUT2D eigenvalue weighted by molar-refractivity contribution is 5.91. The number of rotatable bonds is 7. The van der Waals surface area contributed by atoms with Crippen LogP contribution in [-0.4, -0.2) is 30.2 Å². The van der Waals surface area contributed by atoms with Gasteiger partial charge in [-0.15, -0.1) is 0 Å². The van der Waals surface area contributed by atoms with Gasteiger partial charge in [0.15, 0.2) is 0 Å². The molecule has 0 aliphatic heterocycles. The third kappa shape index (κ3) is 5.10. The Balaban J connectivity index is 1.94. The van der Waals surface area contributed by atoms with E-state index >= 15 is 0 Å². The minimum Gasteiger partial charge on any atom is -0.399 e. The molecule has 1 heterocycles. The summed E-state index contributed by atoms with van der Waals surface area (Å²) in [5.74, 6) is 1.09. The Kier molecular flexibility index (Phi) is 6.31. The Morgan fingerprint density at radius 3 is 2.60 bits per heavy atom. The fourth-order valence-corrected chi connectivity index (χ4v) is 3.14. The summed E-state index contributed by atoms with van der Waals surface area (Å²) in [6, 6.07) is 8.78. The first-order valence-corrected chi connectivity index (χ1v) is 9.43. The average Bonchev–Trinajstić information content (AvgIpc) is 2.67. The minimum absolute atomic E-state index is 0.0573. The summed E-state index contributed by atoms with van der Waals surface area (Å²) in [7, 11) is 1.63. The van der Waals surface area contributed by atoms with Crippen LogP contribution in [0.4, 0.5) is 30.4 Å². The van der Waals surface area contributed by atoms with Gasteiger partial charge in [0.05, 0.1) is 23.7 Å². The molecule has 0 unspecified atom stereocenters. The van der Waals surface area contributed by atoms with Crippen molar-refractivity contribution in [3.05, 3.63) is 53.3 Å². The molecule has 9 heteroatoms. The standard InChI is InChI=1S/C21H24F3N5O/c1-12(14-8-15(21(22,23)24)10-16(25)9-14)27-20-18-11-17(26-6-7-30-3)4-5-19(18)28-13(2)29-20/h4-5,8-12,26H,6-7,25H2,1-3H3,(H,27,28,29)/t12-/m1/s1. The molecule has 0 saturated carbocycles. The smallest absolute Gasteiger partial charge is 0.399 e. The van der Waals surface area contributed by atoms with Crippen molar-refractivity contribution in [1.82, 2.24) is 9.97 Å². The number of alkyl halides is 3. The van der Waals surface area contributed by atoms with E-state index in [2.05, 4.69) is 20.6 Å². The van der Waals surface area contributed by atoms with E-state index in [1.165, 1.54) is 6.07 Å². The summed E-state index contributed by atoms with van der Waals surface area (Å²) in [6.07, 6.45) is -4.47. The van der Waals surface area contributed by atoms with Gasteiger partial charge in [-0.3, -0.25) is 0 Å². The zero-order valence-electron chi connectivity index (χ0n) is 17.0. The van der Waals surface area contributed by atoms with Crippen molar-refractivity contribution in [3.8, 4) is 0 Å². The molecule has 0 amide bonds. The summed E-state index contributed by atoms with van der Waals surface area (Å²) >= 11 is 0. The van der Waals surface area contributed by atoms with E-state index in [1.807, 2.05) is 18.2 Å². The molecule has 0 bridgehead atoms. The zero-order chi connectivity index (χ0) is 21.9. The molecule has 6 nitrogen and oxygen atoms in total.